The number of anilines is 1. The van der Waals surface area contributed by atoms with E-state index in [1.54, 1.807) is 6.20 Å². The van der Waals surface area contributed by atoms with E-state index in [4.69, 9.17) is 0 Å². The molecule has 0 fully saturated rings. The predicted molar refractivity (Wildman–Crippen MR) is 86.5 cm³/mol. The standard InChI is InChI=1S/C16H15BrN2O/c1-12-4-2-7-15(10-12)19-16(20)18-9-8-13-5-3-6-14(17)11-13/h2-11H,1H3,(H2,18,19,20)/b9-8+. The Morgan fingerprint density at radius 3 is 2.70 bits per heavy atom. The first-order valence-corrected chi connectivity index (χ1v) is 6.99. The first kappa shape index (κ1) is 14.3. The van der Waals surface area contributed by atoms with Crippen molar-refractivity contribution < 1.29 is 4.79 Å². The molecule has 0 aromatic heterocycles. The van der Waals surface area contributed by atoms with E-state index in [2.05, 4.69) is 26.6 Å². The number of carbonyl (C=O) groups is 1. The van der Waals surface area contributed by atoms with Crippen LogP contribution in [-0.4, -0.2) is 6.03 Å². The molecule has 0 radical (unpaired) electrons. The normalized spacial score (nSPS) is 10.5. The predicted octanol–water partition coefficient (Wildman–Crippen LogP) is 4.55. The Balaban J connectivity index is 1.89. The molecule has 102 valence electrons. The Labute approximate surface area is 126 Å². The smallest absolute Gasteiger partial charge is 0.314 e. The van der Waals surface area contributed by atoms with Crippen molar-refractivity contribution in [2.24, 2.45) is 0 Å². The Bertz CT molecular complexity index is 638. The number of nitrogens with one attached hydrogen (secondary N) is 2. The minimum atomic E-state index is -0.262. The third kappa shape index (κ3) is 4.55. The second-order valence-corrected chi connectivity index (χ2v) is 5.27. The zero-order valence-corrected chi connectivity index (χ0v) is 12.6. The van der Waals surface area contributed by atoms with E-state index in [0.717, 1.165) is 21.3 Å². The highest BCUT2D eigenvalue weighted by Gasteiger charge is 1.98. The van der Waals surface area contributed by atoms with E-state index in [-0.39, 0.29) is 6.03 Å². The molecule has 2 aromatic rings. The number of rotatable bonds is 3. The van der Waals surface area contributed by atoms with Crippen LogP contribution in [0.3, 0.4) is 0 Å². The van der Waals surface area contributed by atoms with Crippen LogP contribution in [0.25, 0.3) is 6.08 Å². The number of urea groups is 1. The highest BCUT2D eigenvalue weighted by Crippen LogP contribution is 2.12. The summed E-state index contributed by atoms with van der Waals surface area (Å²) in [5.41, 5.74) is 2.89. The van der Waals surface area contributed by atoms with Crippen LogP contribution in [0.15, 0.2) is 59.2 Å². The summed E-state index contributed by atoms with van der Waals surface area (Å²) in [6, 6.07) is 15.2. The van der Waals surface area contributed by atoms with Crippen LogP contribution in [0.1, 0.15) is 11.1 Å². The van der Waals surface area contributed by atoms with Gasteiger partial charge in [-0.1, -0.05) is 40.2 Å². The lowest BCUT2D eigenvalue weighted by molar-refractivity contribution is 0.255. The lowest BCUT2D eigenvalue weighted by Gasteiger charge is -2.05. The molecule has 0 aliphatic heterocycles. The largest absolute Gasteiger partial charge is 0.323 e. The Kier molecular flexibility index (Phi) is 4.96. The van der Waals surface area contributed by atoms with Crippen molar-refractivity contribution in [3.05, 3.63) is 70.3 Å². The number of benzene rings is 2. The van der Waals surface area contributed by atoms with E-state index in [1.165, 1.54) is 0 Å². The highest BCUT2D eigenvalue weighted by molar-refractivity contribution is 9.10. The number of hydrogen-bond donors (Lipinski definition) is 2. The average Bonchev–Trinajstić information content (AvgIpc) is 2.38. The number of hydrogen-bond acceptors (Lipinski definition) is 1. The van der Waals surface area contributed by atoms with Gasteiger partial charge in [0.05, 0.1) is 0 Å². The molecule has 0 saturated carbocycles. The molecule has 0 atom stereocenters. The highest BCUT2D eigenvalue weighted by atomic mass is 79.9. The van der Waals surface area contributed by atoms with Gasteiger partial charge in [0.25, 0.3) is 0 Å². The molecule has 0 spiro atoms. The van der Waals surface area contributed by atoms with Gasteiger partial charge >= 0.3 is 6.03 Å². The van der Waals surface area contributed by atoms with Crippen LogP contribution >= 0.6 is 15.9 Å². The average molecular weight is 331 g/mol. The molecular formula is C16H15BrN2O. The maximum absolute atomic E-state index is 11.7. The van der Waals surface area contributed by atoms with Gasteiger partial charge in [-0.2, -0.15) is 0 Å². The van der Waals surface area contributed by atoms with E-state index in [0.29, 0.717) is 0 Å². The molecule has 2 aromatic carbocycles. The van der Waals surface area contributed by atoms with Gasteiger partial charge in [-0.3, -0.25) is 0 Å². The number of carbonyl (C=O) groups excluding carboxylic acids is 1. The van der Waals surface area contributed by atoms with Crippen LogP contribution in [-0.2, 0) is 0 Å². The summed E-state index contributed by atoms with van der Waals surface area (Å²) in [5.74, 6) is 0. The third-order valence-electron chi connectivity index (χ3n) is 2.61. The van der Waals surface area contributed by atoms with Gasteiger partial charge in [-0.25, -0.2) is 4.79 Å². The van der Waals surface area contributed by atoms with Crippen molar-refractivity contribution >= 4 is 33.7 Å². The fraction of sp³-hybridized carbons (Fsp3) is 0.0625. The van der Waals surface area contributed by atoms with Gasteiger partial charge in [0.2, 0.25) is 0 Å². The van der Waals surface area contributed by atoms with E-state index >= 15 is 0 Å². The molecule has 2 N–H and O–H groups in total. The minimum Gasteiger partial charge on any atom is -0.314 e. The molecule has 0 bridgehead atoms. The molecule has 3 nitrogen and oxygen atoms in total. The zero-order valence-electron chi connectivity index (χ0n) is 11.1. The van der Waals surface area contributed by atoms with Crippen molar-refractivity contribution in [3.63, 3.8) is 0 Å². The van der Waals surface area contributed by atoms with E-state index in [9.17, 15) is 4.79 Å². The lowest BCUT2D eigenvalue weighted by Crippen LogP contribution is -2.23. The summed E-state index contributed by atoms with van der Waals surface area (Å²) in [4.78, 5) is 11.7. The van der Waals surface area contributed by atoms with Gasteiger partial charge in [-0.05, 0) is 48.4 Å². The Hall–Kier alpha value is -2.07. The summed E-state index contributed by atoms with van der Waals surface area (Å²) < 4.78 is 1.00. The molecule has 0 aliphatic rings. The van der Waals surface area contributed by atoms with Crippen LogP contribution in [0, 0.1) is 6.92 Å². The third-order valence-corrected chi connectivity index (χ3v) is 3.11. The first-order chi connectivity index (χ1) is 9.63. The van der Waals surface area contributed by atoms with Gasteiger partial charge in [0.1, 0.15) is 0 Å². The molecule has 2 amide bonds. The maximum Gasteiger partial charge on any atom is 0.323 e. The number of amides is 2. The van der Waals surface area contributed by atoms with Crippen molar-refractivity contribution in [1.29, 1.82) is 0 Å². The van der Waals surface area contributed by atoms with Crippen molar-refractivity contribution in [3.8, 4) is 0 Å². The molecular weight excluding hydrogens is 316 g/mol. The van der Waals surface area contributed by atoms with Crippen molar-refractivity contribution in [2.75, 3.05) is 5.32 Å². The number of halogens is 1. The second kappa shape index (κ2) is 6.91. The van der Waals surface area contributed by atoms with E-state index in [1.807, 2.05) is 61.5 Å². The summed E-state index contributed by atoms with van der Waals surface area (Å²) >= 11 is 3.40. The van der Waals surface area contributed by atoms with Crippen LogP contribution in [0.5, 0.6) is 0 Å². The van der Waals surface area contributed by atoms with Crippen molar-refractivity contribution in [1.82, 2.24) is 5.32 Å². The van der Waals surface area contributed by atoms with Gasteiger partial charge in [0.15, 0.2) is 0 Å². The molecule has 0 saturated heterocycles. The first-order valence-electron chi connectivity index (χ1n) is 6.20. The fourth-order valence-electron chi connectivity index (χ4n) is 1.71. The SMILES string of the molecule is Cc1cccc(NC(=O)N/C=C/c2cccc(Br)c2)c1. The van der Waals surface area contributed by atoms with Crippen LogP contribution in [0.2, 0.25) is 0 Å². The minimum absolute atomic E-state index is 0.262. The molecule has 0 heterocycles. The van der Waals surface area contributed by atoms with Gasteiger partial charge < -0.3 is 10.6 Å². The zero-order chi connectivity index (χ0) is 14.4. The van der Waals surface area contributed by atoms with Gasteiger partial charge in [-0.15, -0.1) is 0 Å². The summed E-state index contributed by atoms with van der Waals surface area (Å²) in [6.45, 7) is 1.98. The molecule has 4 heteroatoms. The quantitative estimate of drug-likeness (QED) is 0.851. The molecule has 0 aliphatic carbocycles. The van der Waals surface area contributed by atoms with E-state index < -0.39 is 0 Å². The molecule has 2 rings (SSSR count). The monoisotopic (exact) mass is 330 g/mol. The topological polar surface area (TPSA) is 41.1 Å². The second-order valence-electron chi connectivity index (χ2n) is 4.36. The summed E-state index contributed by atoms with van der Waals surface area (Å²) in [6.07, 6.45) is 3.45. The number of aryl methyl sites for hydroxylation is 1. The Morgan fingerprint density at radius 2 is 1.95 bits per heavy atom. The van der Waals surface area contributed by atoms with Crippen molar-refractivity contribution in [2.45, 2.75) is 6.92 Å². The molecule has 0 unspecified atom stereocenters. The Morgan fingerprint density at radius 1 is 1.15 bits per heavy atom. The van der Waals surface area contributed by atoms with Crippen LogP contribution in [0.4, 0.5) is 10.5 Å². The van der Waals surface area contributed by atoms with Gasteiger partial charge in [0, 0.05) is 16.4 Å². The molecule has 20 heavy (non-hydrogen) atoms. The van der Waals surface area contributed by atoms with Crippen LogP contribution < -0.4 is 10.6 Å². The maximum atomic E-state index is 11.7. The summed E-state index contributed by atoms with van der Waals surface area (Å²) in [5, 5.41) is 5.44. The summed E-state index contributed by atoms with van der Waals surface area (Å²) in [7, 11) is 0. The fourth-order valence-corrected chi connectivity index (χ4v) is 2.13. The lowest BCUT2D eigenvalue weighted by atomic mass is 10.2.